The van der Waals surface area contributed by atoms with Gasteiger partial charge in [-0.25, -0.2) is 9.78 Å². The van der Waals surface area contributed by atoms with E-state index in [1.165, 1.54) is 32.4 Å². The summed E-state index contributed by atoms with van der Waals surface area (Å²) in [4.78, 5) is 22.7. The Bertz CT molecular complexity index is 471. The number of carbonyl (C=O) groups excluding carboxylic acids is 1. The van der Waals surface area contributed by atoms with Crippen molar-refractivity contribution >= 4 is 11.8 Å². The summed E-state index contributed by atoms with van der Waals surface area (Å²) in [6.45, 7) is 7.86. The smallest absolute Gasteiger partial charge is 0.320 e. The zero-order valence-electron chi connectivity index (χ0n) is 13.0. The lowest BCUT2D eigenvalue weighted by Gasteiger charge is -2.26. The van der Waals surface area contributed by atoms with Crippen LogP contribution in [0.15, 0.2) is 6.20 Å². The van der Waals surface area contributed by atoms with E-state index < -0.39 is 0 Å². The fourth-order valence-electron chi connectivity index (χ4n) is 2.56. The van der Waals surface area contributed by atoms with Gasteiger partial charge in [-0.05, 0) is 52.7 Å². The van der Waals surface area contributed by atoms with E-state index in [-0.39, 0.29) is 6.03 Å². The fraction of sp³-hybridized carbons (Fsp3) is 0.667. The van der Waals surface area contributed by atoms with E-state index in [0.717, 1.165) is 24.4 Å². The summed E-state index contributed by atoms with van der Waals surface area (Å²) in [6.07, 6.45) is 6.59. The average Bonchev–Trinajstić information content (AvgIpc) is 2.48. The lowest BCUT2D eigenvalue weighted by molar-refractivity contribution is 0.224. The zero-order chi connectivity index (χ0) is 15.1. The number of rotatable bonds is 5. The molecule has 2 amide bonds. The Kier molecular flexibility index (Phi) is 5.92. The molecule has 0 atom stereocenters. The van der Waals surface area contributed by atoms with Gasteiger partial charge >= 0.3 is 6.03 Å². The molecule has 2 N–H and O–H groups in total. The quantitative estimate of drug-likeness (QED) is 0.815. The lowest BCUT2D eigenvalue weighted by Crippen LogP contribution is -2.35. The highest BCUT2D eigenvalue weighted by atomic mass is 16.2. The third-order valence-corrected chi connectivity index (χ3v) is 3.68. The first-order chi connectivity index (χ1) is 10.1. The molecule has 1 fully saturated rings. The van der Waals surface area contributed by atoms with Gasteiger partial charge < -0.3 is 10.2 Å². The van der Waals surface area contributed by atoms with Gasteiger partial charge in [-0.2, -0.15) is 0 Å². The third kappa shape index (κ3) is 5.30. The summed E-state index contributed by atoms with van der Waals surface area (Å²) in [6, 6.07) is -0.213. The van der Waals surface area contributed by atoms with Crippen molar-refractivity contribution in [1.82, 2.24) is 20.2 Å². The molecule has 1 aliphatic heterocycles. The molecule has 0 unspecified atom stereocenters. The number of hydrogen-bond acceptors (Lipinski definition) is 4. The van der Waals surface area contributed by atoms with Gasteiger partial charge in [-0.15, -0.1) is 0 Å². The molecule has 6 nitrogen and oxygen atoms in total. The van der Waals surface area contributed by atoms with Crippen molar-refractivity contribution in [3.05, 3.63) is 17.6 Å². The van der Waals surface area contributed by atoms with Crippen LogP contribution in [0.5, 0.6) is 0 Å². The highest BCUT2D eigenvalue weighted by molar-refractivity contribution is 5.88. The molecule has 2 rings (SSSR count). The summed E-state index contributed by atoms with van der Waals surface area (Å²) in [5, 5.41) is 5.61. The molecule has 0 aliphatic carbocycles. The van der Waals surface area contributed by atoms with Gasteiger partial charge in [0, 0.05) is 6.54 Å². The van der Waals surface area contributed by atoms with Crippen LogP contribution in [0.3, 0.4) is 0 Å². The molecular weight excluding hydrogens is 266 g/mol. The minimum atomic E-state index is -0.213. The van der Waals surface area contributed by atoms with Crippen LogP contribution in [-0.2, 0) is 0 Å². The van der Waals surface area contributed by atoms with Gasteiger partial charge in [-0.3, -0.25) is 10.3 Å². The van der Waals surface area contributed by atoms with E-state index in [1.54, 1.807) is 6.20 Å². The molecule has 1 aromatic rings. The van der Waals surface area contributed by atoms with Gasteiger partial charge in [-0.1, -0.05) is 6.42 Å². The fourth-order valence-corrected chi connectivity index (χ4v) is 2.56. The molecule has 21 heavy (non-hydrogen) atoms. The predicted octanol–water partition coefficient (Wildman–Crippen LogP) is 2.09. The Balaban J connectivity index is 1.65. The minimum Gasteiger partial charge on any atom is -0.338 e. The van der Waals surface area contributed by atoms with Crippen LogP contribution in [-0.4, -0.2) is 47.1 Å². The van der Waals surface area contributed by atoms with Gasteiger partial charge in [0.05, 0.1) is 17.6 Å². The van der Waals surface area contributed by atoms with Crippen molar-refractivity contribution in [1.29, 1.82) is 0 Å². The Hall–Kier alpha value is -1.69. The third-order valence-electron chi connectivity index (χ3n) is 3.68. The summed E-state index contributed by atoms with van der Waals surface area (Å²) in [5.74, 6) is 0.522. The number of aryl methyl sites for hydroxylation is 2. The minimum absolute atomic E-state index is 0.213. The molecule has 1 aromatic heterocycles. The van der Waals surface area contributed by atoms with Crippen LogP contribution in [0.2, 0.25) is 0 Å². The topological polar surface area (TPSA) is 70.2 Å². The summed E-state index contributed by atoms with van der Waals surface area (Å²) in [5.41, 5.74) is 1.58. The number of nitrogens with one attached hydrogen (secondary N) is 2. The average molecular weight is 291 g/mol. The van der Waals surface area contributed by atoms with Crippen molar-refractivity contribution in [2.75, 3.05) is 31.5 Å². The highest BCUT2D eigenvalue weighted by Gasteiger charge is 2.10. The molecule has 116 valence electrons. The maximum atomic E-state index is 11.8. The summed E-state index contributed by atoms with van der Waals surface area (Å²) in [7, 11) is 0. The molecule has 0 aromatic carbocycles. The van der Waals surface area contributed by atoms with Crippen LogP contribution in [0.25, 0.3) is 0 Å². The van der Waals surface area contributed by atoms with Gasteiger partial charge in [0.15, 0.2) is 5.82 Å². The SMILES string of the molecule is Cc1cnc(NC(=O)NCCCN2CCCCC2)c(C)n1. The van der Waals surface area contributed by atoms with Crippen LogP contribution in [0.4, 0.5) is 10.6 Å². The molecular formula is C15H25N5O. The summed E-state index contributed by atoms with van der Waals surface area (Å²) >= 11 is 0. The Labute approximate surface area is 126 Å². The molecule has 0 bridgehead atoms. The van der Waals surface area contributed by atoms with Crippen molar-refractivity contribution in [3.63, 3.8) is 0 Å². The van der Waals surface area contributed by atoms with Crippen molar-refractivity contribution < 1.29 is 4.79 Å². The maximum absolute atomic E-state index is 11.8. The van der Waals surface area contributed by atoms with Crippen LogP contribution in [0.1, 0.15) is 37.1 Å². The Morgan fingerprint density at radius 1 is 1.29 bits per heavy atom. The van der Waals surface area contributed by atoms with E-state index >= 15 is 0 Å². The molecule has 2 heterocycles. The normalized spacial score (nSPS) is 15.7. The van der Waals surface area contributed by atoms with E-state index in [1.807, 2.05) is 13.8 Å². The number of urea groups is 1. The molecule has 6 heteroatoms. The highest BCUT2D eigenvalue weighted by Crippen LogP contribution is 2.09. The molecule has 1 aliphatic rings. The molecule has 0 radical (unpaired) electrons. The Morgan fingerprint density at radius 3 is 2.76 bits per heavy atom. The van der Waals surface area contributed by atoms with E-state index in [4.69, 9.17) is 0 Å². The maximum Gasteiger partial charge on any atom is 0.320 e. The number of hydrogen-bond donors (Lipinski definition) is 2. The largest absolute Gasteiger partial charge is 0.338 e. The van der Waals surface area contributed by atoms with Crippen molar-refractivity contribution in [3.8, 4) is 0 Å². The number of aromatic nitrogens is 2. The van der Waals surface area contributed by atoms with Crippen molar-refractivity contribution in [2.24, 2.45) is 0 Å². The molecule has 1 saturated heterocycles. The first kappa shape index (κ1) is 15.7. The molecule has 0 saturated carbocycles. The second kappa shape index (κ2) is 7.93. The van der Waals surface area contributed by atoms with Crippen LogP contribution >= 0.6 is 0 Å². The number of carbonyl (C=O) groups is 1. The zero-order valence-corrected chi connectivity index (χ0v) is 13.0. The number of likely N-dealkylation sites (tertiary alicyclic amines) is 1. The lowest BCUT2D eigenvalue weighted by atomic mass is 10.1. The van der Waals surface area contributed by atoms with Crippen LogP contribution in [0, 0.1) is 13.8 Å². The number of amides is 2. The first-order valence-electron chi connectivity index (χ1n) is 7.72. The monoisotopic (exact) mass is 291 g/mol. The predicted molar refractivity (Wildman–Crippen MR) is 83.4 cm³/mol. The number of nitrogens with zero attached hydrogens (tertiary/aromatic N) is 3. The number of piperidine rings is 1. The Morgan fingerprint density at radius 2 is 2.05 bits per heavy atom. The summed E-state index contributed by atoms with van der Waals surface area (Å²) < 4.78 is 0. The van der Waals surface area contributed by atoms with E-state index in [2.05, 4.69) is 25.5 Å². The standard InChI is InChI=1S/C15H25N5O/c1-12-11-17-14(13(2)18-12)19-15(21)16-7-6-10-20-8-4-3-5-9-20/h11H,3-10H2,1-2H3,(H2,16,17,19,21). The molecule has 0 spiro atoms. The van der Waals surface area contributed by atoms with Crippen molar-refractivity contribution in [2.45, 2.75) is 39.5 Å². The van der Waals surface area contributed by atoms with Gasteiger partial charge in [0.25, 0.3) is 0 Å². The first-order valence-corrected chi connectivity index (χ1v) is 7.72. The number of anilines is 1. The van der Waals surface area contributed by atoms with Gasteiger partial charge in [0.2, 0.25) is 0 Å². The van der Waals surface area contributed by atoms with E-state index in [9.17, 15) is 4.79 Å². The second-order valence-corrected chi connectivity index (χ2v) is 5.58. The van der Waals surface area contributed by atoms with Gasteiger partial charge in [0.1, 0.15) is 0 Å². The second-order valence-electron chi connectivity index (χ2n) is 5.58. The van der Waals surface area contributed by atoms with Crippen LogP contribution < -0.4 is 10.6 Å². The van der Waals surface area contributed by atoms with E-state index in [0.29, 0.717) is 12.4 Å².